The van der Waals surface area contributed by atoms with E-state index in [-0.39, 0.29) is 29.3 Å². The summed E-state index contributed by atoms with van der Waals surface area (Å²) < 4.78 is 27.2. The Morgan fingerprint density at radius 3 is 2.37 bits per heavy atom. The molecular formula is C29H28F2N6O4. The minimum atomic E-state index is -0.771. The number of hydrogen-bond donors (Lipinski definition) is 2. The number of anilines is 1. The molecule has 0 atom stereocenters. The summed E-state index contributed by atoms with van der Waals surface area (Å²) in [6, 6.07) is 12.6. The predicted octanol–water partition coefficient (Wildman–Crippen LogP) is 4.76. The van der Waals surface area contributed by atoms with Crippen molar-refractivity contribution in [2.75, 3.05) is 31.5 Å². The van der Waals surface area contributed by atoms with Crippen molar-refractivity contribution in [3.05, 3.63) is 98.6 Å². The van der Waals surface area contributed by atoms with Crippen molar-refractivity contribution in [2.45, 2.75) is 26.3 Å². The molecule has 0 radical (unpaired) electrons. The molecule has 2 heterocycles. The van der Waals surface area contributed by atoms with Gasteiger partial charge in [-0.2, -0.15) is 5.10 Å². The molecule has 4 aromatic rings. The van der Waals surface area contributed by atoms with Gasteiger partial charge in [-0.1, -0.05) is 6.07 Å². The number of halogens is 2. The molecule has 0 unspecified atom stereocenters. The summed E-state index contributed by atoms with van der Waals surface area (Å²) in [7, 11) is 0. The summed E-state index contributed by atoms with van der Waals surface area (Å²) in [5.41, 5.74) is 1.14. The van der Waals surface area contributed by atoms with E-state index in [4.69, 9.17) is 0 Å². The normalized spacial score (nSPS) is 14.0. The SMILES string of the molecule is CC(C)N1CCN(C(=O)c2ccc(C(=O)Nc3n[nH]c4ccc(Cc5cc(F)cc(F)c5)cc34)c([N+](=O)[O-])c2)CC1. The number of nitrogens with one attached hydrogen (secondary N) is 2. The number of aromatic nitrogens is 2. The molecule has 1 aliphatic rings. The quantitative estimate of drug-likeness (QED) is 0.247. The van der Waals surface area contributed by atoms with E-state index in [1.165, 1.54) is 24.3 Å². The Bertz CT molecular complexity index is 1630. The number of aromatic amines is 1. The van der Waals surface area contributed by atoms with Crippen LogP contribution in [0.25, 0.3) is 10.9 Å². The lowest BCUT2D eigenvalue weighted by Gasteiger charge is -2.36. The highest BCUT2D eigenvalue weighted by atomic mass is 19.1. The minimum absolute atomic E-state index is 0.134. The highest BCUT2D eigenvalue weighted by Gasteiger charge is 2.27. The molecule has 3 aromatic carbocycles. The summed E-state index contributed by atoms with van der Waals surface area (Å²) in [5.74, 6) is -2.32. The highest BCUT2D eigenvalue weighted by Crippen LogP contribution is 2.27. The number of benzene rings is 3. The van der Waals surface area contributed by atoms with Crippen LogP contribution in [-0.4, -0.2) is 69.0 Å². The first-order valence-corrected chi connectivity index (χ1v) is 13.1. The number of carbonyl (C=O) groups is 2. The predicted molar refractivity (Wildman–Crippen MR) is 149 cm³/mol. The van der Waals surface area contributed by atoms with Gasteiger partial charge in [-0.25, -0.2) is 8.78 Å². The number of carbonyl (C=O) groups excluding carboxylic acids is 2. The minimum Gasteiger partial charge on any atom is -0.336 e. The first-order chi connectivity index (χ1) is 19.6. The Morgan fingerprint density at radius 2 is 1.71 bits per heavy atom. The zero-order valence-corrected chi connectivity index (χ0v) is 22.5. The van der Waals surface area contributed by atoms with Crippen molar-refractivity contribution in [1.29, 1.82) is 0 Å². The number of nitrogens with zero attached hydrogens (tertiary/aromatic N) is 4. The van der Waals surface area contributed by atoms with Gasteiger partial charge in [-0.3, -0.25) is 29.7 Å². The standard InChI is InChI=1S/C29H28F2N6O4/c1-17(2)35-7-9-36(10-8-35)29(39)20-4-5-23(26(15-20)37(40)41)28(38)32-27-24-14-18(3-6-25(24)33-34-27)11-19-12-21(30)16-22(31)13-19/h3-6,12-17H,7-11H2,1-2H3,(H2,32,33,34,38). The largest absolute Gasteiger partial charge is 0.336 e. The molecule has 0 saturated carbocycles. The number of fused-ring (bicyclic) bond motifs is 1. The molecule has 1 saturated heterocycles. The Labute approximate surface area is 234 Å². The maximum atomic E-state index is 13.6. The van der Waals surface area contributed by atoms with E-state index in [9.17, 15) is 28.5 Å². The van der Waals surface area contributed by atoms with Crippen LogP contribution in [0.1, 0.15) is 45.7 Å². The van der Waals surface area contributed by atoms with Crippen LogP contribution in [0.15, 0.2) is 54.6 Å². The lowest BCUT2D eigenvalue weighted by atomic mass is 10.0. The molecule has 41 heavy (non-hydrogen) atoms. The van der Waals surface area contributed by atoms with Crippen LogP contribution in [0.2, 0.25) is 0 Å². The third kappa shape index (κ3) is 6.07. The monoisotopic (exact) mass is 562 g/mol. The van der Waals surface area contributed by atoms with E-state index in [2.05, 4.69) is 34.3 Å². The van der Waals surface area contributed by atoms with Crippen LogP contribution in [0.5, 0.6) is 0 Å². The van der Waals surface area contributed by atoms with Crippen LogP contribution in [0, 0.1) is 21.7 Å². The first kappa shape index (κ1) is 27.8. The maximum Gasteiger partial charge on any atom is 0.282 e. The second kappa shape index (κ2) is 11.4. The number of H-pyrrole nitrogens is 1. The van der Waals surface area contributed by atoms with Crippen LogP contribution in [0.3, 0.4) is 0 Å². The summed E-state index contributed by atoms with van der Waals surface area (Å²) in [6.45, 7) is 6.62. The second-order valence-electron chi connectivity index (χ2n) is 10.3. The van der Waals surface area contributed by atoms with Gasteiger partial charge in [-0.15, -0.1) is 0 Å². The Kier molecular flexibility index (Phi) is 7.75. The van der Waals surface area contributed by atoms with Gasteiger partial charge in [0.05, 0.1) is 10.4 Å². The van der Waals surface area contributed by atoms with E-state index in [0.717, 1.165) is 12.1 Å². The smallest absolute Gasteiger partial charge is 0.282 e. The van der Waals surface area contributed by atoms with Crippen molar-refractivity contribution >= 4 is 34.2 Å². The summed E-state index contributed by atoms with van der Waals surface area (Å²) in [4.78, 5) is 41.3. The van der Waals surface area contributed by atoms with Crippen LogP contribution >= 0.6 is 0 Å². The molecular weight excluding hydrogens is 534 g/mol. The van der Waals surface area contributed by atoms with Crippen molar-refractivity contribution < 1.29 is 23.3 Å². The van der Waals surface area contributed by atoms with Crippen molar-refractivity contribution in [3.63, 3.8) is 0 Å². The maximum absolute atomic E-state index is 13.6. The lowest BCUT2D eigenvalue weighted by Crippen LogP contribution is -2.50. The van der Waals surface area contributed by atoms with Gasteiger partial charge in [0.2, 0.25) is 0 Å². The van der Waals surface area contributed by atoms with Crippen LogP contribution in [-0.2, 0) is 6.42 Å². The third-order valence-electron chi connectivity index (χ3n) is 7.21. The molecule has 5 rings (SSSR count). The summed E-state index contributed by atoms with van der Waals surface area (Å²) >= 11 is 0. The molecule has 0 aliphatic carbocycles. The van der Waals surface area contributed by atoms with Gasteiger partial charge in [0.15, 0.2) is 5.82 Å². The molecule has 0 bridgehead atoms. The van der Waals surface area contributed by atoms with E-state index in [1.807, 2.05) is 0 Å². The fourth-order valence-corrected chi connectivity index (χ4v) is 5.02. The van der Waals surface area contributed by atoms with Gasteiger partial charge in [0.1, 0.15) is 17.2 Å². The Balaban J connectivity index is 1.35. The van der Waals surface area contributed by atoms with E-state index in [0.29, 0.717) is 54.3 Å². The molecule has 1 aliphatic heterocycles. The average molecular weight is 563 g/mol. The number of piperazine rings is 1. The number of rotatable bonds is 7. The summed E-state index contributed by atoms with van der Waals surface area (Å²) in [6.07, 6.45) is 0.233. The molecule has 12 heteroatoms. The zero-order chi connectivity index (χ0) is 29.3. The Morgan fingerprint density at radius 1 is 1.00 bits per heavy atom. The average Bonchev–Trinajstić information content (AvgIpc) is 3.33. The van der Waals surface area contributed by atoms with E-state index < -0.39 is 28.2 Å². The molecule has 1 fully saturated rings. The number of amides is 2. The molecule has 10 nitrogen and oxygen atoms in total. The number of nitro groups is 1. The second-order valence-corrected chi connectivity index (χ2v) is 10.3. The van der Waals surface area contributed by atoms with Gasteiger partial charge in [-0.05, 0) is 67.8 Å². The number of nitro benzene ring substituents is 1. The lowest BCUT2D eigenvalue weighted by molar-refractivity contribution is -0.385. The fourth-order valence-electron chi connectivity index (χ4n) is 5.02. The number of hydrogen-bond acceptors (Lipinski definition) is 6. The zero-order valence-electron chi connectivity index (χ0n) is 22.5. The fraction of sp³-hybridized carbons (Fsp3) is 0.276. The van der Waals surface area contributed by atoms with Crippen molar-refractivity contribution in [2.24, 2.45) is 0 Å². The van der Waals surface area contributed by atoms with Gasteiger partial charge >= 0.3 is 0 Å². The van der Waals surface area contributed by atoms with Gasteiger partial charge in [0, 0.05) is 55.3 Å². The topological polar surface area (TPSA) is 124 Å². The third-order valence-corrected chi connectivity index (χ3v) is 7.21. The molecule has 2 N–H and O–H groups in total. The van der Waals surface area contributed by atoms with Gasteiger partial charge < -0.3 is 10.2 Å². The molecule has 2 amide bonds. The van der Waals surface area contributed by atoms with Crippen LogP contribution < -0.4 is 5.32 Å². The van der Waals surface area contributed by atoms with Gasteiger partial charge in [0.25, 0.3) is 17.5 Å². The van der Waals surface area contributed by atoms with Crippen LogP contribution in [0.4, 0.5) is 20.3 Å². The highest BCUT2D eigenvalue weighted by molar-refractivity contribution is 6.10. The Hall–Kier alpha value is -4.71. The molecule has 0 spiro atoms. The summed E-state index contributed by atoms with van der Waals surface area (Å²) in [5, 5.41) is 21.9. The first-order valence-electron chi connectivity index (χ1n) is 13.1. The molecule has 1 aromatic heterocycles. The molecule has 212 valence electrons. The van der Waals surface area contributed by atoms with E-state index >= 15 is 0 Å². The van der Waals surface area contributed by atoms with Crippen molar-refractivity contribution in [1.82, 2.24) is 20.0 Å². The van der Waals surface area contributed by atoms with E-state index in [1.54, 1.807) is 23.1 Å². The van der Waals surface area contributed by atoms with Crippen molar-refractivity contribution in [3.8, 4) is 0 Å².